The zero-order valence-electron chi connectivity index (χ0n) is 6.95. The molecule has 0 spiro atoms. The number of rotatable bonds is 2. The average Bonchev–Trinajstić information content (AvgIpc) is 2.03. The van der Waals surface area contributed by atoms with Gasteiger partial charge in [-0.2, -0.15) is 0 Å². The summed E-state index contributed by atoms with van der Waals surface area (Å²) >= 11 is 0. The van der Waals surface area contributed by atoms with Crippen LogP contribution >= 0.6 is 0 Å². The maximum Gasteiger partial charge on any atom is 0.272 e. The van der Waals surface area contributed by atoms with Crippen LogP contribution in [0.2, 0.25) is 0 Å². The van der Waals surface area contributed by atoms with Gasteiger partial charge in [0.25, 0.3) is 5.69 Å². The third-order valence-corrected chi connectivity index (χ3v) is 1.73. The second kappa shape index (κ2) is 3.49. The van der Waals surface area contributed by atoms with E-state index in [1.807, 2.05) is 0 Å². The standard InChI is InChI=1S/C8H8FNO3/c1-5-2-7(9)6(4-11)3-8(5)10(12)13/h2-3,11H,4H2,1H3. The molecule has 4 nitrogen and oxygen atoms in total. The number of nitro benzene ring substituents is 1. The maximum absolute atomic E-state index is 12.9. The van der Waals surface area contributed by atoms with Crippen LogP contribution in [0.1, 0.15) is 11.1 Å². The molecule has 0 aromatic heterocycles. The van der Waals surface area contributed by atoms with E-state index >= 15 is 0 Å². The van der Waals surface area contributed by atoms with Crippen molar-refractivity contribution < 1.29 is 14.4 Å². The third-order valence-electron chi connectivity index (χ3n) is 1.73. The van der Waals surface area contributed by atoms with Crippen molar-refractivity contribution in [1.82, 2.24) is 0 Å². The summed E-state index contributed by atoms with van der Waals surface area (Å²) in [4.78, 5) is 9.80. The lowest BCUT2D eigenvalue weighted by Crippen LogP contribution is -1.97. The molecule has 0 atom stereocenters. The van der Waals surface area contributed by atoms with Gasteiger partial charge in [-0.1, -0.05) is 0 Å². The average molecular weight is 185 g/mol. The Labute approximate surface area is 73.8 Å². The van der Waals surface area contributed by atoms with Crippen LogP contribution in [0.4, 0.5) is 10.1 Å². The van der Waals surface area contributed by atoms with Crippen LogP contribution in [0.15, 0.2) is 12.1 Å². The molecule has 70 valence electrons. The highest BCUT2D eigenvalue weighted by Crippen LogP contribution is 2.21. The van der Waals surface area contributed by atoms with Gasteiger partial charge >= 0.3 is 0 Å². The molecule has 0 amide bonds. The van der Waals surface area contributed by atoms with Gasteiger partial charge in [0.1, 0.15) is 5.82 Å². The third kappa shape index (κ3) is 1.81. The van der Waals surface area contributed by atoms with E-state index in [1.165, 1.54) is 6.92 Å². The minimum atomic E-state index is -0.620. The van der Waals surface area contributed by atoms with Crippen molar-refractivity contribution in [2.45, 2.75) is 13.5 Å². The molecule has 0 aliphatic rings. The fourth-order valence-electron chi connectivity index (χ4n) is 1.02. The molecule has 0 fully saturated rings. The smallest absolute Gasteiger partial charge is 0.272 e. The fourth-order valence-corrected chi connectivity index (χ4v) is 1.02. The van der Waals surface area contributed by atoms with Crippen molar-refractivity contribution in [3.8, 4) is 0 Å². The van der Waals surface area contributed by atoms with Crippen LogP contribution in [-0.2, 0) is 6.61 Å². The van der Waals surface area contributed by atoms with Crippen LogP contribution in [0.3, 0.4) is 0 Å². The van der Waals surface area contributed by atoms with E-state index in [-0.39, 0.29) is 16.8 Å². The van der Waals surface area contributed by atoms with E-state index in [9.17, 15) is 14.5 Å². The SMILES string of the molecule is Cc1cc(F)c(CO)cc1[N+](=O)[O-]. The van der Waals surface area contributed by atoms with Crippen LogP contribution < -0.4 is 0 Å². The molecular weight excluding hydrogens is 177 g/mol. The molecule has 0 saturated heterocycles. The molecule has 0 heterocycles. The molecule has 0 saturated carbocycles. The number of aliphatic hydroxyl groups excluding tert-OH is 1. The van der Waals surface area contributed by atoms with Gasteiger partial charge in [0, 0.05) is 17.2 Å². The lowest BCUT2D eigenvalue weighted by Gasteiger charge is -2.01. The number of hydrogen-bond donors (Lipinski definition) is 1. The van der Waals surface area contributed by atoms with Gasteiger partial charge < -0.3 is 5.11 Å². The predicted octanol–water partition coefficient (Wildman–Crippen LogP) is 1.53. The van der Waals surface area contributed by atoms with Crippen molar-refractivity contribution in [1.29, 1.82) is 0 Å². The Morgan fingerprint density at radius 3 is 2.69 bits per heavy atom. The van der Waals surface area contributed by atoms with E-state index in [4.69, 9.17) is 5.11 Å². The first-order valence-electron chi connectivity index (χ1n) is 3.60. The summed E-state index contributed by atoms with van der Waals surface area (Å²) in [5.74, 6) is -0.620. The van der Waals surface area contributed by atoms with E-state index in [0.717, 1.165) is 12.1 Å². The second-order valence-electron chi connectivity index (χ2n) is 2.65. The van der Waals surface area contributed by atoms with E-state index in [1.54, 1.807) is 0 Å². The summed E-state index contributed by atoms with van der Waals surface area (Å²) in [7, 11) is 0. The molecule has 1 rings (SSSR count). The number of benzene rings is 1. The minimum Gasteiger partial charge on any atom is -0.392 e. The van der Waals surface area contributed by atoms with Gasteiger partial charge in [-0.05, 0) is 13.0 Å². The van der Waals surface area contributed by atoms with Gasteiger partial charge in [0.05, 0.1) is 11.5 Å². The van der Waals surface area contributed by atoms with Crippen LogP contribution in [0.5, 0.6) is 0 Å². The van der Waals surface area contributed by atoms with E-state index < -0.39 is 17.3 Å². The van der Waals surface area contributed by atoms with Crippen LogP contribution in [0, 0.1) is 22.9 Å². The van der Waals surface area contributed by atoms with Gasteiger partial charge in [0.2, 0.25) is 0 Å². The molecule has 0 unspecified atom stereocenters. The summed E-state index contributed by atoms with van der Waals surface area (Å²) in [6.07, 6.45) is 0. The Balaban J connectivity index is 3.30. The minimum absolute atomic E-state index is 0.0581. The molecule has 1 aromatic rings. The van der Waals surface area contributed by atoms with Crippen molar-refractivity contribution in [3.63, 3.8) is 0 Å². The monoisotopic (exact) mass is 185 g/mol. The molecule has 0 aliphatic carbocycles. The molecule has 5 heteroatoms. The van der Waals surface area contributed by atoms with Gasteiger partial charge in [0.15, 0.2) is 0 Å². The second-order valence-corrected chi connectivity index (χ2v) is 2.65. The van der Waals surface area contributed by atoms with Gasteiger partial charge in [-0.25, -0.2) is 4.39 Å². The van der Waals surface area contributed by atoms with Crippen LogP contribution in [0.25, 0.3) is 0 Å². The highest BCUT2D eigenvalue weighted by molar-refractivity contribution is 5.42. The highest BCUT2D eigenvalue weighted by Gasteiger charge is 2.14. The van der Waals surface area contributed by atoms with Gasteiger partial charge in [-0.3, -0.25) is 10.1 Å². The van der Waals surface area contributed by atoms with Crippen molar-refractivity contribution >= 4 is 5.69 Å². The molecule has 0 bridgehead atoms. The summed E-state index contributed by atoms with van der Waals surface area (Å²) in [6.45, 7) is 0.912. The van der Waals surface area contributed by atoms with E-state index in [0.29, 0.717) is 0 Å². The fraction of sp³-hybridized carbons (Fsp3) is 0.250. The number of aryl methyl sites for hydroxylation is 1. The first kappa shape index (κ1) is 9.60. The lowest BCUT2D eigenvalue weighted by atomic mass is 10.1. The summed E-state index contributed by atoms with van der Waals surface area (Å²) in [5.41, 5.74) is 0.0162. The highest BCUT2D eigenvalue weighted by atomic mass is 19.1. The Hall–Kier alpha value is -1.49. The predicted molar refractivity (Wildman–Crippen MR) is 43.7 cm³/mol. The summed E-state index contributed by atoms with van der Waals surface area (Å²) < 4.78 is 12.9. The molecule has 0 radical (unpaired) electrons. The topological polar surface area (TPSA) is 63.4 Å². The lowest BCUT2D eigenvalue weighted by molar-refractivity contribution is -0.385. The normalized spacial score (nSPS) is 10.1. The Morgan fingerprint density at radius 1 is 1.62 bits per heavy atom. The van der Waals surface area contributed by atoms with Crippen molar-refractivity contribution in [3.05, 3.63) is 39.2 Å². The number of nitro groups is 1. The first-order valence-corrected chi connectivity index (χ1v) is 3.60. The zero-order chi connectivity index (χ0) is 10.0. The molecule has 13 heavy (non-hydrogen) atoms. The Kier molecular flexibility index (Phi) is 2.57. The maximum atomic E-state index is 12.9. The first-order chi connectivity index (χ1) is 6.06. The van der Waals surface area contributed by atoms with E-state index in [2.05, 4.69) is 0 Å². The molecule has 1 N–H and O–H groups in total. The Morgan fingerprint density at radius 2 is 2.23 bits per heavy atom. The number of aliphatic hydroxyl groups is 1. The number of hydrogen-bond acceptors (Lipinski definition) is 3. The Bertz CT molecular complexity index is 351. The zero-order valence-corrected chi connectivity index (χ0v) is 6.95. The quantitative estimate of drug-likeness (QED) is 0.561. The molecule has 0 aliphatic heterocycles. The summed E-state index contributed by atoms with van der Waals surface area (Å²) in [5, 5.41) is 19.1. The largest absolute Gasteiger partial charge is 0.392 e. The summed E-state index contributed by atoms with van der Waals surface area (Å²) in [6, 6.07) is 2.09. The number of nitrogens with zero attached hydrogens (tertiary/aromatic N) is 1. The number of halogens is 1. The molecule has 1 aromatic carbocycles. The van der Waals surface area contributed by atoms with Crippen molar-refractivity contribution in [2.24, 2.45) is 0 Å². The van der Waals surface area contributed by atoms with Crippen LogP contribution in [-0.4, -0.2) is 10.0 Å². The molecular formula is C8H8FNO3. The van der Waals surface area contributed by atoms with Gasteiger partial charge in [-0.15, -0.1) is 0 Å². The van der Waals surface area contributed by atoms with Crippen molar-refractivity contribution in [2.75, 3.05) is 0 Å².